The predicted octanol–water partition coefficient (Wildman–Crippen LogP) is 4.49. The molecule has 0 saturated carbocycles. The summed E-state index contributed by atoms with van der Waals surface area (Å²) in [6.45, 7) is 2.57. The largest absolute Gasteiger partial charge is 0.484 e. The summed E-state index contributed by atoms with van der Waals surface area (Å²) in [5.74, 6) is -0.0486. The SMILES string of the molecule is Cc1ccc(S(=O)(=O)N2CCCCC2)cc1NC(=O)COc1cc(Cl)cc(Cl)c1. The minimum atomic E-state index is -3.58. The first-order valence-corrected chi connectivity index (χ1v) is 11.4. The summed E-state index contributed by atoms with van der Waals surface area (Å²) in [7, 11) is -3.58. The topological polar surface area (TPSA) is 75.7 Å². The Labute approximate surface area is 180 Å². The van der Waals surface area contributed by atoms with E-state index in [-0.39, 0.29) is 11.5 Å². The molecule has 2 aromatic rings. The fourth-order valence-corrected chi connectivity index (χ4v) is 5.15. The van der Waals surface area contributed by atoms with Gasteiger partial charge >= 0.3 is 0 Å². The van der Waals surface area contributed by atoms with Gasteiger partial charge in [0.15, 0.2) is 6.61 Å². The van der Waals surface area contributed by atoms with Gasteiger partial charge in [-0.05, 0) is 55.7 Å². The van der Waals surface area contributed by atoms with E-state index in [1.54, 1.807) is 37.3 Å². The average Bonchev–Trinajstić information content (AvgIpc) is 2.68. The van der Waals surface area contributed by atoms with Crippen LogP contribution in [0.2, 0.25) is 10.0 Å². The smallest absolute Gasteiger partial charge is 0.262 e. The monoisotopic (exact) mass is 456 g/mol. The summed E-state index contributed by atoms with van der Waals surface area (Å²) in [6, 6.07) is 9.42. The van der Waals surface area contributed by atoms with Crippen LogP contribution in [0, 0.1) is 6.92 Å². The van der Waals surface area contributed by atoms with Crippen LogP contribution < -0.4 is 10.1 Å². The van der Waals surface area contributed by atoms with Gasteiger partial charge in [-0.25, -0.2) is 8.42 Å². The summed E-state index contributed by atoms with van der Waals surface area (Å²) >= 11 is 11.8. The summed E-state index contributed by atoms with van der Waals surface area (Å²) < 4.78 is 32.7. The molecule has 0 unspecified atom stereocenters. The molecule has 29 heavy (non-hydrogen) atoms. The van der Waals surface area contributed by atoms with Crippen LogP contribution in [0.15, 0.2) is 41.3 Å². The summed E-state index contributed by atoms with van der Waals surface area (Å²) in [5, 5.41) is 3.52. The second kappa shape index (κ2) is 9.34. The Balaban J connectivity index is 1.70. The number of nitrogens with one attached hydrogen (secondary N) is 1. The van der Waals surface area contributed by atoms with Crippen molar-refractivity contribution in [3.05, 3.63) is 52.0 Å². The minimum Gasteiger partial charge on any atom is -0.484 e. The van der Waals surface area contributed by atoms with Gasteiger partial charge in [0.1, 0.15) is 5.75 Å². The van der Waals surface area contributed by atoms with E-state index >= 15 is 0 Å². The zero-order valence-corrected chi connectivity index (χ0v) is 18.3. The molecule has 0 aromatic heterocycles. The normalized spacial score (nSPS) is 15.1. The highest BCUT2D eigenvalue weighted by Gasteiger charge is 2.26. The van der Waals surface area contributed by atoms with E-state index in [9.17, 15) is 13.2 Å². The molecule has 1 fully saturated rings. The van der Waals surface area contributed by atoms with E-state index in [0.29, 0.717) is 34.6 Å². The second-order valence-corrected chi connectivity index (χ2v) is 9.69. The number of nitrogens with zero attached hydrogens (tertiary/aromatic N) is 1. The van der Waals surface area contributed by atoms with Crippen molar-refractivity contribution < 1.29 is 17.9 Å². The van der Waals surface area contributed by atoms with E-state index in [2.05, 4.69) is 5.32 Å². The number of rotatable bonds is 6. The van der Waals surface area contributed by atoms with Crippen LogP contribution in [0.25, 0.3) is 0 Å². The van der Waals surface area contributed by atoms with Gasteiger partial charge < -0.3 is 10.1 Å². The third kappa shape index (κ3) is 5.63. The van der Waals surface area contributed by atoms with Gasteiger partial charge in [-0.15, -0.1) is 0 Å². The lowest BCUT2D eigenvalue weighted by molar-refractivity contribution is -0.118. The molecule has 1 saturated heterocycles. The molecule has 1 aliphatic rings. The van der Waals surface area contributed by atoms with E-state index in [4.69, 9.17) is 27.9 Å². The van der Waals surface area contributed by atoms with Crippen molar-refractivity contribution in [3.8, 4) is 5.75 Å². The summed E-state index contributed by atoms with van der Waals surface area (Å²) in [5.41, 5.74) is 1.18. The van der Waals surface area contributed by atoms with Gasteiger partial charge in [-0.2, -0.15) is 4.31 Å². The van der Waals surface area contributed by atoms with Crippen LogP contribution >= 0.6 is 23.2 Å². The van der Waals surface area contributed by atoms with Gasteiger partial charge in [0, 0.05) is 28.8 Å². The van der Waals surface area contributed by atoms with Gasteiger partial charge in [0.2, 0.25) is 10.0 Å². The maximum absolute atomic E-state index is 12.9. The summed E-state index contributed by atoms with van der Waals surface area (Å²) in [6.07, 6.45) is 2.76. The number of sulfonamides is 1. The highest BCUT2D eigenvalue weighted by molar-refractivity contribution is 7.89. The number of amides is 1. The van der Waals surface area contributed by atoms with Crippen molar-refractivity contribution in [1.82, 2.24) is 4.31 Å². The second-order valence-electron chi connectivity index (χ2n) is 6.88. The molecule has 1 N–H and O–H groups in total. The number of anilines is 1. The van der Waals surface area contributed by atoms with Crippen molar-refractivity contribution in [2.75, 3.05) is 25.0 Å². The predicted molar refractivity (Wildman–Crippen MR) is 114 cm³/mol. The van der Waals surface area contributed by atoms with E-state index in [1.807, 2.05) is 0 Å². The van der Waals surface area contributed by atoms with E-state index in [1.165, 1.54) is 10.4 Å². The Morgan fingerprint density at radius 2 is 1.72 bits per heavy atom. The molecule has 6 nitrogen and oxygen atoms in total. The lowest BCUT2D eigenvalue weighted by Gasteiger charge is -2.26. The molecular weight excluding hydrogens is 435 g/mol. The average molecular weight is 457 g/mol. The number of carbonyl (C=O) groups is 1. The minimum absolute atomic E-state index is 0.169. The quantitative estimate of drug-likeness (QED) is 0.694. The first-order valence-electron chi connectivity index (χ1n) is 9.25. The molecule has 0 spiro atoms. The number of hydrogen-bond acceptors (Lipinski definition) is 4. The highest BCUT2D eigenvalue weighted by atomic mass is 35.5. The standard InChI is InChI=1S/C20H22Cl2N2O4S/c1-14-5-6-18(29(26,27)24-7-3-2-4-8-24)12-19(14)23-20(25)13-28-17-10-15(21)9-16(22)11-17/h5-6,9-12H,2-4,7-8,13H2,1H3,(H,23,25). The first-order chi connectivity index (χ1) is 13.8. The fourth-order valence-electron chi connectivity index (χ4n) is 3.10. The molecule has 9 heteroatoms. The lowest BCUT2D eigenvalue weighted by atomic mass is 10.2. The molecule has 1 aliphatic heterocycles. The number of carbonyl (C=O) groups excluding carboxylic acids is 1. The Kier molecular flexibility index (Phi) is 7.05. The van der Waals surface area contributed by atoms with Crippen molar-refractivity contribution in [3.63, 3.8) is 0 Å². The molecule has 3 rings (SSSR count). The third-order valence-electron chi connectivity index (χ3n) is 4.64. The maximum atomic E-state index is 12.9. The maximum Gasteiger partial charge on any atom is 0.262 e. The van der Waals surface area contributed by atoms with Crippen LogP contribution in [-0.2, 0) is 14.8 Å². The Bertz CT molecular complexity index is 985. The highest BCUT2D eigenvalue weighted by Crippen LogP contribution is 2.26. The van der Waals surface area contributed by atoms with Crippen LogP contribution in [0.1, 0.15) is 24.8 Å². The molecule has 0 atom stereocenters. The Hall–Kier alpha value is -1.80. The van der Waals surface area contributed by atoms with Gasteiger partial charge in [-0.1, -0.05) is 35.7 Å². The first kappa shape index (κ1) is 21.9. The molecular formula is C20H22Cl2N2O4S. The lowest BCUT2D eigenvalue weighted by Crippen LogP contribution is -2.35. The van der Waals surface area contributed by atoms with Gasteiger partial charge in [-0.3, -0.25) is 4.79 Å². The molecule has 2 aromatic carbocycles. The number of aryl methyl sites for hydroxylation is 1. The van der Waals surface area contributed by atoms with Crippen molar-refractivity contribution in [1.29, 1.82) is 0 Å². The van der Waals surface area contributed by atoms with Gasteiger partial charge in [0.05, 0.1) is 4.90 Å². The Morgan fingerprint density at radius 1 is 1.07 bits per heavy atom. The summed E-state index contributed by atoms with van der Waals surface area (Å²) in [4.78, 5) is 12.5. The Morgan fingerprint density at radius 3 is 2.38 bits per heavy atom. The number of benzene rings is 2. The van der Waals surface area contributed by atoms with Crippen LogP contribution in [0.5, 0.6) is 5.75 Å². The van der Waals surface area contributed by atoms with Crippen LogP contribution in [-0.4, -0.2) is 38.3 Å². The van der Waals surface area contributed by atoms with Crippen molar-refractivity contribution in [2.45, 2.75) is 31.1 Å². The molecule has 0 radical (unpaired) electrons. The fraction of sp³-hybridized carbons (Fsp3) is 0.350. The van der Waals surface area contributed by atoms with Crippen molar-refractivity contribution >= 4 is 44.8 Å². The zero-order valence-electron chi connectivity index (χ0n) is 16.0. The van der Waals surface area contributed by atoms with Crippen LogP contribution in [0.3, 0.4) is 0 Å². The molecule has 1 amide bonds. The molecule has 156 valence electrons. The third-order valence-corrected chi connectivity index (χ3v) is 6.97. The zero-order chi connectivity index (χ0) is 21.0. The van der Waals surface area contributed by atoms with Gasteiger partial charge in [0.25, 0.3) is 5.91 Å². The number of halogens is 2. The number of ether oxygens (including phenoxy) is 1. The molecule has 0 aliphatic carbocycles. The molecule has 1 heterocycles. The van der Waals surface area contributed by atoms with Crippen molar-refractivity contribution in [2.24, 2.45) is 0 Å². The number of piperidine rings is 1. The molecule has 0 bridgehead atoms. The van der Waals surface area contributed by atoms with Crippen LogP contribution in [0.4, 0.5) is 5.69 Å². The van der Waals surface area contributed by atoms with E-state index in [0.717, 1.165) is 24.8 Å². The van der Waals surface area contributed by atoms with E-state index < -0.39 is 15.9 Å². The number of hydrogen-bond donors (Lipinski definition) is 1.